The van der Waals surface area contributed by atoms with Crippen LogP contribution in [0.3, 0.4) is 0 Å². The molecule has 0 fully saturated rings. The number of likely N-dealkylation sites (N-methyl/N-ethyl adjacent to an activating group) is 1. The fourth-order valence-corrected chi connectivity index (χ4v) is 4.27. The molecule has 8 nitrogen and oxygen atoms in total. The quantitative estimate of drug-likeness (QED) is 0.323. The summed E-state index contributed by atoms with van der Waals surface area (Å²) in [4.78, 5) is 26.8. The lowest BCUT2D eigenvalue weighted by molar-refractivity contribution is -0.497. The number of halogens is 2. The van der Waals surface area contributed by atoms with E-state index in [1.165, 1.54) is 0 Å². The number of nitrogens with one attached hydrogen (secondary N) is 2. The van der Waals surface area contributed by atoms with E-state index in [1.807, 2.05) is 31.3 Å². The summed E-state index contributed by atoms with van der Waals surface area (Å²) in [5.74, 6) is -2.10. The zero-order valence-electron chi connectivity index (χ0n) is 16.7. The lowest BCUT2D eigenvalue weighted by Gasteiger charge is -2.33. The second kappa shape index (κ2) is 9.55. The molecule has 0 bridgehead atoms. The second-order valence-corrected chi connectivity index (χ2v) is 8.35. The van der Waals surface area contributed by atoms with Crippen LogP contribution in [0.4, 0.5) is 5.69 Å². The van der Waals surface area contributed by atoms with Gasteiger partial charge in [0.15, 0.2) is 0 Å². The summed E-state index contributed by atoms with van der Waals surface area (Å²) >= 11 is 12.7. The number of aliphatic hydroxyl groups is 1. The van der Waals surface area contributed by atoms with Gasteiger partial charge in [0, 0.05) is 29.1 Å². The number of carbonyl (C=O) groups excluding carboxylic acids is 1. The van der Waals surface area contributed by atoms with Gasteiger partial charge in [-0.3, -0.25) is 4.79 Å². The maximum absolute atomic E-state index is 11.2. The Kier molecular flexibility index (Phi) is 7.04. The Hall–Kier alpha value is -2.81. The average Bonchev–Trinajstić information content (AvgIpc) is 2.67. The first kappa shape index (κ1) is 22.9. The number of aliphatic carboxylic acids is 1. The molecule has 31 heavy (non-hydrogen) atoms. The monoisotopic (exact) mass is 465 g/mol. The molecule has 0 saturated heterocycles. The number of primary amides is 1. The molecule has 1 aliphatic rings. The molecule has 2 atom stereocenters. The first-order chi connectivity index (χ1) is 14.6. The second-order valence-electron chi connectivity index (χ2n) is 7.51. The molecule has 164 valence electrons. The summed E-state index contributed by atoms with van der Waals surface area (Å²) in [6.07, 6.45) is -0.464. The predicted molar refractivity (Wildman–Crippen MR) is 119 cm³/mol. The van der Waals surface area contributed by atoms with Gasteiger partial charge in [0.2, 0.25) is 11.9 Å². The highest BCUT2D eigenvalue weighted by Gasteiger charge is 2.28. The van der Waals surface area contributed by atoms with Crippen molar-refractivity contribution >= 4 is 46.8 Å². The normalized spacial score (nSPS) is 17.6. The smallest absolute Gasteiger partial charge is 0.445 e. The molecule has 6 N–H and O–H groups in total. The zero-order chi connectivity index (χ0) is 22.7. The van der Waals surface area contributed by atoms with Crippen LogP contribution in [-0.2, 0) is 16.1 Å². The number of nitrogens with zero attached hydrogens (tertiary/aromatic N) is 1. The largest absolute Gasteiger partial charge is 0.478 e. The van der Waals surface area contributed by atoms with E-state index in [1.54, 1.807) is 12.1 Å². The molecule has 0 radical (unpaired) electrons. The number of amides is 1. The van der Waals surface area contributed by atoms with Gasteiger partial charge in [0.1, 0.15) is 5.69 Å². The molecular weight excluding hydrogens is 443 g/mol. The Morgan fingerprint density at radius 3 is 2.71 bits per heavy atom. The van der Waals surface area contributed by atoms with Crippen LogP contribution < -0.4 is 16.0 Å². The van der Waals surface area contributed by atoms with Gasteiger partial charge in [0.05, 0.1) is 6.42 Å². The van der Waals surface area contributed by atoms with Crippen molar-refractivity contribution in [2.24, 2.45) is 5.73 Å². The van der Waals surface area contributed by atoms with Crippen LogP contribution >= 0.6 is 23.2 Å². The maximum Gasteiger partial charge on any atom is 0.445 e. The van der Waals surface area contributed by atoms with Gasteiger partial charge in [-0.1, -0.05) is 35.3 Å². The highest BCUT2D eigenvalue weighted by Crippen LogP contribution is 2.38. The van der Waals surface area contributed by atoms with Crippen molar-refractivity contribution in [1.82, 2.24) is 4.90 Å². The lowest BCUT2D eigenvalue weighted by Crippen LogP contribution is -2.83. The Morgan fingerprint density at radius 2 is 2.03 bits per heavy atom. The third-order valence-electron chi connectivity index (χ3n) is 5.06. The van der Waals surface area contributed by atoms with Gasteiger partial charge in [-0.15, -0.1) is 0 Å². The number of benzene rings is 2. The number of carboxylic acid groups (broad SMARTS) is 1. The topological polar surface area (TPSA) is 130 Å². The number of hydrogen-bond donors (Lipinski definition) is 5. The summed E-state index contributed by atoms with van der Waals surface area (Å²) in [6.45, 7) is 1.47. The first-order valence-electron chi connectivity index (χ1n) is 9.51. The molecule has 3 rings (SSSR count). The molecule has 1 aliphatic heterocycles. The van der Waals surface area contributed by atoms with E-state index < -0.39 is 30.4 Å². The van der Waals surface area contributed by atoms with Crippen molar-refractivity contribution in [3.8, 4) is 0 Å². The minimum absolute atomic E-state index is 0.00318. The molecule has 1 heterocycles. The standard InChI is InChI=1S/C21H22Cl2N4O4/c1-27-9-15(14-6-12(22)7-17(23)16(14)10-27)11-3-2-4-13(5-11)25-21(31)26-18(20(29)30)8-19(24)28/h2-7,15,18H,8-10H2,1H3,(H2,24,28)(H,29,30)(H2,25,26,31)/p+1/t15?,18-/m0/s1. The number of carbonyl (C=O) groups is 2. The van der Waals surface area contributed by atoms with E-state index >= 15 is 0 Å². The SMILES string of the molecule is CN1Cc2c(Cl)cc(Cl)cc2C(c2cccc(NC(O)=[NH+][C@@H](CC(N)=O)C(=O)O)c2)C1. The minimum Gasteiger partial charge on any atom is -0.478 e. The molecule has 2 aromatic rings. The Bertz CT molecular complexity index is 1040. The summed E-state index contributed by atoms with van der Waals surface area (Å²) in [7, 11) is 2.01. The molecule has 10 heteroatoms. The Labute approximate surface area is 189 Å². The third kappa shape index (κ3) is 5.66. The number of nitrogens with two attached hydrogens (primary N) is 1. The van der Waals surface area contributed by atoms with E-state index in [9.17, 15) is 14.7 Å². The van der Waals surface area contributed by atoms with E-state index in [4.69, 9.17) is 34.0 Å². The molecule has 0 aliphatic carbocycles. The number of hydrogen-bond acceptors (Lipinski definition) is 3. The number of anilines is 1. The summed E-state index contributed by atoms with van der Waals surface area (Å²) in [5, 5.41) is 23.2. The zero-order valence-corrected chi connectivity index (χ0v) is 18.2. The number of fused-ring (bicyclic) bond motifs is 1. The number of amidine groups is 1. The third-order valence-corrected chi connectivity index (χ3v) is 5.61. The fraction of sp³-hybridized carbons (Fsp3) is 0.286. The molecule has 2 aromatic carbocycles. The molecule has 1 amide bonds. The van der Waals surface area contributed by atoms with Gasteiger partial charge < -0.3 is 20.8 Å². The lowest BCUT2D eigenvalue weighted by atomic mass is 9.84. The van der Waals surface area contributed by atoms with Crippen LogP contribution in [0, 0.1) is 0 Å². The average molecular weight is 466 g/mol. The van der Waals surface area contributed by atoms with Crippen molar-refractivity contribution in [3.05, 3.63) is 63.1 Å². The molecule has 0 spiro atoms. The van der Waals surface area contributed by atoms with Crippen molar-refractivity contribution in [2.75, 3.05) is 18.9 Å². The summed E-state index contributed by atoms with van der Waals surface area (Å²) in [5.41, 5.74) is 8.63. The molecule has 0 aromatic heterocycles. The van der Waals surface area contributed by atoms with Crippen LogP contribution in [0.2, 0.25) is 10.0 Å². The van der Waals surface area contributed by atoms with Gasteiger partial charge in [-0.2, -0.15) is 0 Å². The molecular formula is C21H23Cl2N4O4+. The van der Waals surface area contributed by atoms with E-state index in [0.717, 1.165) is 23.2 Å². The van der Waals surface area contributed by atoms with Crippen molar-refractivity contribution in [1.29, 1.82) is 0 Å². The van der Waals surface area contributed by atoms with Crippen LogP contribution in [-0.4, -0.2) is 52.6 Å². The highest BCUT2D eigenvalue weighted by molar-refractivity contribution is 6.35. The van der Waals surface area contributed by atoms with Crippen LogP contribution in [0.25, 0.3) is 0 Å². The molecule has 1 unspecified atom stereocenters. The van der Waals surface area contributed by atoms with Gasteiger partial charge in [-0.05, 0) is 48.0 Å². The predicted octanol–water partition coefficient (Wildman–Crippen LogP) is 1.31. The number of aliphatic hydroxyl groups excluding tert-OH is 1. The van der Waals surface area contributed by atoms with Gasteiger partial charge in [0.25, 0.3) is 0 Å². The number of carboxylic acids is 1. The van der Waals surface area contributed by atoms with Crippen molar-refractivity contribution in [2.45, 2.75) is 24.9 Å². The minimum atomic E-state index is -1.35. The molecule has 0 saturated carbocycles. The maximum atomic E-state index is 11.2. The summed E-state index contributed by atoms with van der Waals surface area (Å²) in [6, 6.07) is 9.17. The Morgan fingerprint density at radius 1 is 1.29 bits per heavy atom. The van der Waals surface area contributed by atoms with E-state index in [-0.39, 0.29) is 5.92 Å². The van der Waals surface area contributed by atoms with Gasteiger partial charge in [-0.25, -0.2) is 15.1 Å². The first-order valence-corrected chi connectivity index (χ1v) is 10.3. The van der Waals surface area contributed by atoms with Crippen LogP contribution in [0.15, 0.2) is 36.4 Å². The van der Waals surface area contributed by atoms with E-state index in [0.29, 0.717) is 22.3 Å². The van der Waals surface area contributed by atoms with E-state index in [2.05, 4.69) is 15.2 Å². The van der Waals surface area contributed by atoms with Crippen molar-refractivity contribution < 1.29 is 24.8 Å². The highest BCUT2D eigenvalue weighted by atomic mass is 35.5. The van der Waals surface area contributed by atoms with Crippen LogP contribution in [0.5, 0.6) is 0 Å². The fourth-order valence-electron chi connectivity index (χ4n) is 3.70. The summed E-state index contributed by atoms with van der Waals surface area (Å²) < 4.78 is 0. The Balaban J connectivity index is 1.88. The van der Waals surface area contributed by atoms with Gasteiger partial charge >= 0.3 is 12.0 Å². The van der Waals surface area contributed by atoms with Crippen LogP contribution in [0.1, 0.15) is 29.0 Å². The van der Waals surface area contributed by atoms with Crippen molar-refractivity contribution in [3.63, 3.8) is 0 Å². The number of rotatable bonds is 6.